The second-order valence-electron chi connectivity index (χ2n) is 6.29. The molecule has 1 saturated heterocycles. The quantitative estimate of drug-likeness (QED) is 0.784. The Bertz CT molecular complexity index is 466. The summed E-state index contributed by atoms with van der Waals surface area (Å²) in [5.41, 5.74) is -0.421. The van der Waals surface area contributed by atoms with E-state index in [1.807, 2.05) is 12.1 Å². The first kappa shape index (κ1) is 15.2. The lowest BCUT2D eigenvalue weighted by atomic mass is 9.98. The highest BCUT2D eigenvalue weighted by Crippen LogP contribution is 2.29. The average Bonchev–Trinajstić information content (AvgIpc) is 2.59. The normalized spacial score (nSPS) is 22.4. The first-order chi connectivity index (χ1) is 8.67. The van der Waals surface area contributed by atoms with Gasteiger partial charge in [0.05, 0.1) is 26.4 Å². The molecule has 106 valence electrons. The van der Waals surface area contributed by atoms with Gasteiger partial charge in [-0.15, -0.1) is 11.3 Å². The average molecular weight is 346 g/mol. The first-order valence-corrected chi connectivity index (χ1v) is 7.99. The van der Waals surface area contributed by atoms with E-state index in [1.54, 1.807) is 0 Å². The van der Waals surface area contributed by atoms with Crippen molar-refractivity contribution in [3.63, 3.8) is 0 Å². The molecule has 5 heteroatoms. The fourth-order valence-electron chi connectivity index (χ4n) is 2.80. The van der Waals surface area contributed by atoms with E-state index in [2.05, 4.69) is 48.5 Å². The molecule has 1 aromatic heterocycles. The number of rotatable bonds is 3. The van der Waals surface area contributed by atoms with Crippen LogP contribution < -0.4 is 0 Å². The highest BCUT2D eigenvalue weighted by Gasteiger charge is 2.38. The zero-order valence-corrected chi connectivity index (χ0v) is 14.2. The molecule has 0 saturated carbocycles. The summed E-state index contributed by atoms with van der Waals surface area (Å²) in [5.74, 6) is 0.184. The highest BCUT2D eigenvalue weighted by atomic mass is 79.9. The van der Waals surface area contributed by atoms with Gasteiger partial charge in [0, 0.05) is 13.1 Å². The number of nitrogens with zero attached hydrogens (tertiary/aromatic N) is 1. The van der Waals surface area contributed by atoms with Gasteiger partial charge in [-0.2, -0.15) is 0 Å². The van der Waals surface area contributed by atoms with E-state index in [-0.39, 0.29) is 17.0 Å². The van der Waals surface area contributed by atoms with E-state index in [1.165, 1.54) is 11.3 Å². The maximum atomic E-state index is 12.3. The Hall–Kier alpha value is -0.230. The van der Waals surface area contributed by atoms with Crippen LogP contribution in [-0.2, 0) is 4.74 Å². The van der Waals surface area contributed by atoms with Gasteiger partial charge in [-0.3, -0.25) is 9.69 Å². The van der Waals surface area contributed by atoms with Crippen molar-refractivity contribution in [3.8, 4) is 0 Å². The van der Waals surface area contributed by atoms with Gasteiger partial charge in [0.1, 0.15) is 0 Å². The van der Waals surface area contributed by atoms with Crippen molar-refractivity contribution in [2.45, 2.75) is 38.9 Å². The number of morpholine rings is 1. The summed E-state index contributed by atoms with van der Waals surface area (Å²) in [5, 5.41) is 0. The van der Waals surface area contributed by atoms with E-state index in [9.17, 15) is 4.79 Å². The van der Waals surface area contributed by atoms with Crippen LogP contribution in [0.15, 0.2) is 15.9 Å². The predicted molar refractivity (Wildman–Crippen MR) is 82.0 cm³/mol. The molecule has 0 unspecified atom stereocenters. The summed E-state index contributed by atoms with van der Waals surface area (Å²) in [4.78, 5) is 15.3. The third-order valence-corrected chi connectivity index (χ3v) is 4.64. The van der Waals surface area contributed by atoms with Crippen LogP contribution in [0, 0.1) is 0 Å². The van der Waals surface area contributed by atoms with E-state index in [0.29, 0.717) is 6.54 Å². The second kappa shape index (κ2) is 5.28. The summed E-state index contributed by atoms with van der Waals surface area (Å²) >= 11 is 4.89. The molecule has 1 fully saturated rings. The molecule has 0 N–H and O–H groups in total. The van der Waals surface area contributed by atoms with Gasteiger partial charge in [-0.05, 0) is 55.8 Å². The highest BCUT2D eigenvalue weighted by molar-refractivity contribution is 9.11. The summed E-state index contributed by atoms with van der Waals surface area (Å²) in [6.45, 7) is 10.3. The molecule has 0 bridgehead atoms. The second-order valence-corrected chi connectivity index (χ2v) is 8.76. The van der Waals surface area contributed by atoms with Gasteiger partial charge in [0.2, 0.25) is 0 Å². The van der Waals surface area contributed by atoms with Crippen molar-refractivity contribution >= 4 is 33.0 Å². The Labute approximate surface area is 127 Å². The topological polar surface area (TPSA) is 29.5 Å². The Balaban J connectivity index is 2.04. The molecular formula is C14H20BrNO2S. The van der Waals surface area contributed by atoms with Crippen LogP contribution in [0.5, 0.6) is 0 Å². The van der Waals surface area contributed by atoms with E-state index in [0.717, 1.165) is 21.8 Å². The maximum Gasteiger partial charge on any atom is 0.186 e. The fraction of sp³-hybridized carbons (Fsp3) is 0.643. The summed E-state index contributed by atoms with van der Waals surface area (Å²) < 4.78 is 7.02. The van der Waals surface area contributed by atoms with Crippen LogP contribution in [0.2, 0.25) is 0 Å². The lowest BCUT2D eigenvalue weighted by Gasteiger charge is -2.46. The van der Waals surface area contributed by atoms with Crippen LogP contribution in [-0.4, -0.2) is 41.5 Å². The molecule has 3 nitrogen and oxygen atoms in total. The molecule has 0 amide bonds. The zero-order chi connectivity index (χ0) is 14.3. The number of hydrogen-bond acceptors (Lipinski definition) is 4. The molecule has 2 heterocycles. The number of Topliss-reactive ketones (excluding diaryl/α,β-unsaturated/α-hetero) is 1. The third kappa shape index (κ3) is 4.12. The molecule has 0 aromatic carbocycles. The molecule has 0 atom stereocenters. The van der Waals surface area contributed by atoms with Crippen LogP contribution >= 0.6 is 27.3 Å². The van der Waals surface area contributed by atoms with Crippen molar-refractivity contribution in [2.24, 2.45) is 0 Å². The predicted octanol–water partition coefficient (Wildman–Crippen LogP) is 3.58. The minimum absolute atomic E-state index is 0.184. The lowest BCUT2D eigenvalue weighted by molar-refractivity contribution is -0.178. The maximum absolute atomic E-state index is 12.3. The van der Waals surface area contributed by atoms with Gasteiger partial charge >= 0.3 is 0 Å². The van der Waals surface area contributed by atoms with Crippen LogP contribution in [0.3, 0.4) is 0 Å². The Morgan fingerprint density at radius 1 is 1.32 bits per heavy atom. The molecule has 0 spiro atoms. The van der Waals surface area contributed by atoms with Gasteiger partial charge in [-0.1, -0.05) is 0 Å². The van der Waals surface area contributed by atoms with Gasteiger partial charge in [0.15, 0.2) is 5.78 Å². The third-order valence-electron chi connectivity index (χ3n) is 2.98. The number of ketones is 1. The Morgan fingerprint density at radius 3 is 2.37 bits per heavy atom. The number of thiophene rings is 1. The summed E-state index contributed by atoms with van der Waals surface area (Å²) in [6.07, 6.45) is 0. The smallest absolute Gasteiger partial charge is 0.186 e. The zero-order valence-electron chi connectivity index (χ0n) is 11.8. The number of carbonyl (C=O) groups excluding carboxylic acids is 1. The SMILES string of the molecule is CC1(C)CN(CC(=O)c2ccc(Br)s2)CC(C)(C)O1. The summed E-state index contributed by atoms with van der Waals surface area (Å²) in [7, 11) is 0. The molecule has 0 aliphatic carbocycles. The molecule has 1 aromatic rings. The van der Waals surface area contributed by atoms with E-state index < -0.39 is 0 Å². The lowest BCUT2D eigenvalue weighted by Crippen LogP contribution is -2.57. The minimum Gasteiger partial charge on any atom is -0.367 e. The van der Waals surface area contributed by atoms with Crippen LogP contribution in [0.1, 0.15) is 37.4 Å². The van der Waals surface area contributed by atoms with Crippen molar-refractivity contribution in [1.82, 2.24) is 4.90 Å². The molecule has 2 rings (SSSR count). The monoisotopic (exact) mass is 345 g/mol. The number of hydrogen-bond donors (Lipinski definition) is 0. The summed E-state index contributed by atoms with van der Waals surface area (Å²) in [6, 6.07) is 3.80. The number of carbonyl (C=O) groups is 1. The van der Waals surface area contributed by atoms with Gasteiger partial charge in [0.25, 0.3) is 0 Å². The van der Waals surface area contributed by atoms with Crippen LogP contribution in [0.25, 0.3) is 0 Å². The molecule has 19 heavy (non-hydrogen) atoms. The number of ether oxygens (including phenoxy) is 1. The Kier molecular flexibility index (Phi) is 4.21. The molecular weight excluding hydrogens is 326 g/mol. The standard InChI is InChI=1S/C14H20BrNO2S/c1-13(2)8-16(9-14(3,4)18-13)7-10(17)11-5-6-12(15)19-11/h5-6H,7-9H2,1-4H3. The van der Waals surface area contributed by atoms with Crippen molar-refractivity contribution in [3.05, 3.63) is 20.8 Å². The van der Waals surface area contributed by atoms with Crippen molar-refractivity contribution in [2.75, 3.05) is 19.6 Å². The van der Waals surface area contributed by atoms with E-state index >= 15 is 0 Å². The Morgan fingerprint density at radius 2 is 1.89 bits per heavy atom. The minimum atomic E-state index is -0.210. The molecule has 1 aliphatic rings. The first-order valence-electron chi connectivity index (χ1n) is 6.38. The molecule has 1 aliphatic heterocycles. The largest absolute Gasteiger partial charge is 0.367 e. The van der Waals surface area contributed by atoms with Crippen molar-refractivity contribution in [1.29, 1.82) is 0 Å². The van der Waals surface area contributed by atoms with Crippen LogP contribution in [0.4, 0.5) is 0 Å². The fourth-order valence-corrected chi connectivity index (χ4v) is 4.12. The van der Waals surface area contributed by atoms with Gasteiger partial charge in [-0.25, -0.2) is 0 Å². The van der Waals surface area contributed by atoms with Crippen molar-refractivity contribution < 1.29 is 9.53 Å². The number of halogens is 1. The molecule has 0 radical (unpaired) electrons. The van der Waals surface area contributed by atoms with E-state index in [4.69, 9.17) is 4.74 Å². The van der Waals surface area contributed by atoms with Gasteiger partial charge < -0.3 is 4.74 Å².